The number of nitrogens with zero attached hydrogens (tertiary/aromatic N) is 1. The molecule has 0 bridgehead atoms. The summed E-state index contributed by atoms with van der Waals surface area (Å²) in [5, 5.41) is 3.25. The molecule has 1 heterocycles. The summed E-state index contributed by atoms with van der Waals surface area (Å²) in [6.07, 6.45) is 4.41. The van der Waals surface area contributed by atoms with Crippen LogP contribution in [0.1, 0.15) is 25.8 Å². The molecule has 0 fully saturated rings. The fourth-order valence-electron chi connectivity index (χ4n) is 1.62. The summed E-state index contributed by atoms with van der Waals surface area (Å²) in [6.45, 7) is 5.45. The number of rotatable bonds is 9. The van der Waals surface area contributed by atoms with Gasteiger partial charge in [0.1, 0.15) is 0 Å². The van der Waals surface area contributed by atoms with E-state index < -0.39 is 10.0 Å². The van der Waals surface area contributed by atoms with Crippen molar-refractivity contribution in [2.75, 3.05) is 18.6 Å². The molecule has 0 aromatic carbocycles. The van der Waals surface area contributed by atoms with Crippen molar-refractivity contribution in [2.24, 2.45) is 0 Å². The van der Waals surface area contributed by atoms with Gasteiger partial charge in [-0.05, 0) is 43.5 Å². The zero-order chi connectivity index (χ0) is 15.0. The summed E-state index contributed by atoms with van der Waals surface area (Å²) in [4.78, 5) is 4.04. The van der Waals surface area contributed by atoms with Gasteiger partial charge in [-0.1, -0.05) is 13.0 Å². The highest BCUT2D eigenvalue weighted by Gasteiger charge is 2.18. The van der Waals surface area contributed by atoms with E-state index in [1.165, 1.54) is 0 Å². The average Bonchev–Trinajstić information content (AvgIpc) is 2.43. The highest BCUT2D eigenvalue weighted by molar-refractivity contribution is 7.98. The monoisotopic (exact) mass is 317 g/mol. The van der Waals surface area contributed by atoms with Crippen LogP contribution in [0.2, 0.25) is 0 Å². The molecule has 2 N–H and O–H groups in total. The molecule has 7 heteroatoms. The maximum atomic E-state index is 12.1. The highest BCUT2D eigenvalue weighted by Crippen LogP contribution is 2.09. The van der Waals surface area contributed by atoms with E-state index in [2.05, 4.69) is 15.0 Å². The summed E-state index contributed by atoms with van der Waals surface area (Å²) in [6, 6.07) is 3.25. The molecule has 0 spiro atoms. The lowest BCUT2D eigenvalue weighted by molar-refractivity contribution is 0.553. The van der Waals surface area contributed by atoms with E-state index in [1.807, 2.05) is 20.1 Å². The molecular formula is C13H23N3O2S2. The predicted octanol–water partition coefficient (Wildman–Crippen LogP) is 1.61. The molecule has 1 aromatic heterocycles. The Morgan fingerprint density at radius 3 is 2.70 bits per heavy atom. The first kappa shape index (κ1) is 17.4. The maximum Gasteiger partial charge on any atom is 0.258 e. The van der Waals surface area contributed by atoms with Crippen LogP contribution in [0.5, 0.6) is 0 Å². The van der Waals surface area contributed by atoms with Gasteiger partial charge in [-0.2, -0.15) is 11.8 Å². The Kier molecular flexibility index (Phi) is 7.50. The molecule has 20 heavy (non-hydrogen) atoms. The van der Waals surface area contributed by atoms with Crippen LogP contribution >= 0.6 is 11.8 Å². The van der Waals surface area contributed by atoms with E-state index in [-0.39, 0.29) is 11.1 Å². The molecule has 1 unspecified atom stereocenters. The zero-order valence-corrected chi connectivity index (χ0v) is 13.9. The van der Waals surface area contributed by atoms with Crippen LogP contribution in [0.25, 0.3) is 0 Å². The number of sulfonamides is 1. The second-order valence-corrected chi connectivity index (χ2v) is 7.24. The average molecular weight is 317 g/mol. The third kappa shape index (κ3) is 5.78. The van der Waals surface area contributed by atoms with Gasteiger partial charge in [-0.15, -0.1) is 0 Å². The smallest absolute Gasteiger partial charge is 0.258 e. The van der Waals surface area contributed by atoms with E-state index in [9.17, 15) is 8.42 Å². The minimum absolute atomic E-state index is 0.0775. The van der Waals surface area contributed by atoms with Crippen molar-refractivity contribution >= 4 is 21.8 Å². The largest absolute Gasteiger partial charge is 0.313 e. The first-order chi connectivity index (χ1) is 9.49. The molecule has 1 atom stereocenters. The summed E-state index contributed by atoms with van der Waals surface area (Å²) in [5.74, 6) is 0.929. The molecule has 0 saturated carbocycles. The van der Waals surface area contributed by atoms with Crippen molar-refractivity contribution in [2.45, 2.75) is 37.9 Å². The van der Waals surface area contributed by atoms with Crippen molar-refractivity contribution in [3.8, 4) is 0 Å². The number of hydrogen-bond donors (Lipinski definition) is 2. The van der Waals surface area contributed by atoms with Gasteiger partial charge in [0.25, 0.3) is 10.0 Å². The fourth-order valence-corrected chi connectivity index (χ4v) is 3.42. The lowest BCUT2D eigenvalue weighted by atomic mass is 10.3. The minimum Gasteiger partial charge on any atom is -0.313 e. The molecule has 0 amide bonds. The first-order valence-corrected chi connectivity index (χ1v) is 9.54. The predicted molar refractivity (Wildman–Crippen MR) is 84.4 cm³/mol. The Bertz CT molecular complexity index is 489. The van der Waals surface area contributed by atoms with Gasteiger partial charge in [-0.25, -0.2) is 18.1 Å². The number of nitrogens with one attached hydrogen (secondary N) is 2. The van der Waals surface area contributed by atoms with Crippen molar-refractivity contribution < 1.29 is 8.42 Å². The lowest BCUT2D eigenvalue weighted by Crippen LogP contribution is -2.33. The SMILES string of the molecule is CCNCc1ccc(S(=O)(=O)NC(C)CCSC)nc1. The summed E-state index contributed by atoms with van der Waals surface area (Å²) in [7, 11) is -3.52. The molecule has 0 saturated heterocycles. The van der Waals surface area contributed by atoms with Gasteiger partial charge < -0.3 is 5.32 Å². The maximum absolute atomic E-state index is 12.1. The van der Waals surface area contributed by atoms with Crippen molar-refractivity contribution in [3.05, 3.63) is 23.9 Å². The van der Waals surface area contributed by atoms with Gasteiger partial charge in [0.2, 0.25) is 0 Å². The van der Waals surface area contributed by atoms with Crippen LogP contribution < -0.4 is 10.0 Å². The normalized spacial score (nSPS) is 13.3. The number of thioether (sulfide) groups is 1. The third-order valence-corrected chi connectivity index (χ3v) is 4.91. The van der Waals surface area contributed by atoms with E-state index in [1.54, 1.807) is 30.1 Å². The zero-order valence-electron chi connectivity index (χ0n) is 12.2. The number of hydrogen-bond acceptors (Lipinski definition) is 5. The quantitative estimate of drug-likeness (QED) is 0.724. The molecule has 1 rings (SSSR count). The van der Waals surface area contributed by atoms with Crippen LogP contribution in [0.15, 0.2) is 23.4 Å². The van der Waals surface area contributed by atoms with E-state index in [4.69, 9.17) is 0 Å². The van der Waals surface area contributed by atoms with Gasteiger partial charge in [0.05, 0.1) is 0 Å². The number of aromatic nitrogens is 1. The van der Waals surface area contributed by atoms with Gasteiger partial charge in [0.15, 0.2) is 5.03 Å². The van der Waals surface area contributed by atoms with Crippen LogP contribution in [-0.2, 0) is 16.6 Å². The minimum atomic E-state index is -3.52. The van der Waals surface area contributed by atoms with Gasteiger partial charge in [0, 0.05) is 18.8 Å². The van der Waals surface area contributed by atoms with Crippen molar-refractivity contribution in [3.63, 3.8) is 0 Å². The Morgan fingerprint density at radius 1 is 1.40 bits per heavy atom. The molecule has 114 valence electrons. The van der Waals surface area contributed by atoms with Crippen molar-refractivity contribution in [1.29, 1.82) is 0 Å². The standard InChI is InChI=1S/C13H23N3O2S2/c1-4-14-9-12-5-6-13(15-10-12)20(17,18)16-11(2)7-8-19-3/h5-6,10-11,14,16H,4,7-9H2,1-3H3. The topological polar surface area (TPSA) is 71.1 Å². The molecule has 0 radical (unpaired) electrons. The van der Waals surface area contributed by atoms with E-state index >= 15 is 0 Å². The van der Waals surface area contributed by atoms with E-state index in [0.29, 0.717) is 6.54 Å². The second kappa shape index (κ2) is 8.61. The fraction of sp³-hybridized carbons (Fsp3) is 0.615. The second-order valence-electron chi connectivity index (χ2n) is 4.59. The first-order valence-electron chi connectivity index (χ1n) is 6.66. The summed E-state index contributed by atoms with van der Waals surface area (Å²) >= 11 is 1.70. The third-order valence-electron chi connectivity index (χ3n) is 2.76. The Morgan fingerprint density at radius 2 is 2.15 bits per heavy atom. The van der Waals surface area contributed by atoms with Gasteiger partial charge >= 0.3 is 0 Å². The Balaban J connectivity index is 2.67. The van der Waals surface area contributed by atoms with Crippen LogP contribution in [0.3, 0.4) is 0 Å². The molecule has 0 aliphatic carbocycles. The van der Waals surface area contributed by atoms with Crippen molar-refractivity contribution in [1.82, 2.24) is 15.0 Å². The van der Waals surface area contributed by atoms with Crippen LogP contribution in [0.4, 0.5) is 0 Å². The molecule has 0 aliphatic rings. The Labute approximate surface area is 126 Å². The molecule has 5 nitrogen and oxygen atoms in total. The Hall–Kier alpha value is -0.630. The summed E-state index contributed by atoms with van der Waals surface area (Å²) < 4.78 is 26.9. The molecule has 1 aromatic rings. The van der Waals surface area contributed by atoms with Gasteiger partial charge in [-0.3, -0.25) is 0 Å². The molecular weight excluding hydrogens is 294 g/mol. The highest BCUT2D eigenvalue weighted by atomic mass is 32.2. The van der Waals surface area contributed by atoms with E-state index in [0.717, 1.165) is 24.3 Å². The summed E-state index contributed by atoms with van der Waals surface area (Å²) in [5.41, 5.74) is 0.973. The van der Waals surface area contributed by atoms with Crippen LogP contribution in [0, 0.1) is 0 Å². The van der Waals surface area contributed by atoms with Crippen LogP contribution in [-0.4, -0.2) is 38.0 Å². The number of pyridine rings is 1. The molecule has 0 aliphatic heterocycles. The lowest BCUT2D eigenvalue weighted by Gasteiger charge is -2.13.